The number of nitrogens with zero attached hydrogens (tertiary/aromatic N) is 3. The highest BCUT2D eigenvalue weighted by Gasteiger charge is 2.14. The largest absolute Gasteiger partial charge is 0.349 e. The Morgan fingerprint density at radius 1 is 1.41 bits per heavy atom. The van der Waals surface area contributed by atoms with E-state index in [2.05, 4.69) is 15.4 Å². The highest BCUT2D eigenvalue weighted by Crippen LogP contribution is 2.03. The molecule has 0 bridgehead atoms. The van der Waals surface area contributed by atoms with Crippen molar-refractivity contribution >= 4 is 5.91 Å². The van der Waals surface area contributed by atoms with Crippen molar-refractivity contribution in [3.63, 3.8) is 0 Å². The lowest BCUT2D eigenvalue weighted by molar-refractivity contribution is -0.124. The molecular formula is C12H14N4O. The van der Waals surface area contributed by atoms with Gasteiger partial charge in [-0.05, 0) is 25.1 Å². The number of nitrogens with one attached hydrogen (secondary N) is 1. The molecule has 0 radical (unpaired) electrons. The quantitative estimate of drug-likeness (QED) is 0.857. The summed E-state index contributed by atoms with van der Waals surface area (Å²) < 4.78 is 1.62. The van der Waals surface area contributed by atoms with Crippen LogP contribution in [0.15, 0.2) is 42.9 Å². The van der Waals surface area contributed by atoms with Crippen LogP contribution in [0.4, 0.5) is 0 Å². The van der Waals surface area contributed by atoms with E-state index in [-0.39, 0.29) is 11.9 Å². The molecule has 1 amide bonds. The first-order valence-electron chi connectivity index (χ1n) is 5.44. The molecular weight excluding hydrogens is 216 g/mol. The van der Waals surface area contributed by atoms with Gasteiger partial charge in [0.05, 0.1) is 12.2 Å². The fraction of sp³-hybridized carbons (Fsp3) is 0.250. The lowest BCUT2D eigenvalue weighted by Crippen LogP contribution is -2.31. The molecule has 0 aliphatic heterocycles. The topological polar surface area (TPSA) is 59.8 Å². The number of rotatable bonds is 4. The van der Waals surface area contributed by atoms with Crippen LogP contribution in [-0.4, -0.2) is 20.7 Å². The van der Waals surface area contributed by atoms with E-state index in [0.717, 1.165) is 5.69 Å². The van der Waals surface area contributed by atoms with E-state index in [1.165, 1.54) is 0 Å². The van der Waals surface area contributed by atoms with Crippen LogP contribution < -0.4 is 5.32 Å². The molecule has 0 saturated carbocycles. The fourth-order valence-corrected chi connectivity index (χ4v) is 1.46. The van der Waals surface area contributed by atoms with Gasteiger partial charge in [0.25, 0.3) is 0 Å². The fourth-order valence-electron chi connectivity index (χ4n) is 1.46. The molecule has 0 aromatic carbocycles. The highest BCUT2D eigenvalue weighted by molar-refractivity contribution is 5.79. The lowest BCUT2D eigenvalue weighted by atomic mass is 10.3. The second kappa shape index (κ2) is 5.25. The number of hydrogen-bond acceptors (Lipinski definition) is 3. The van der Waals surface area contributed by atoms with Crippen LogP contribution in [0.3, 0.4) is 0 Å². The van der Waals surface area contributed by atoms with Crippen LogP contribution in [0.1, 0.15) is 18.7 Å². The first-order chi connectivity index (χ1) is 8.27. The van der Waals surface area contributed by atoms with Crippen LogP contribution in [0.25, 0.3) is 0 Å². The molecule has 1 atom stereocenters. The summed E-state index contributed by atoms with van der Waals surface area (Å²) in [6, 6.07) is 7.10. The van der Waals surface area contributed by atoms with Gasteiger partial charge in [-0.2, -0.15) is 5.10 Å². The van der Waals surface area contributed by atoms with Gasteiger partial charge in [0.2, 0.25) is 5.91 Å². The Hall–Kier alpha value is -2.17. The Balaban J connectivity index is 1.90. The van der Waals surface area contributed by atoms with E-state index in [1.54, 1.807) is 36.3 Å². The average molecular weight is 230 g/mol. The number of carbonyl (C=O) groups excluding carboxylic acids is 1. The first-order valence-corrected chi connectivity index (χ1v) is 5.44. The minimum absolute atomic E-state index is 0.0700. The Morgan fingerprint density at radius 2 is 2.29 bits per heavy atom. The number of aromatic nitrogens is 3. The standard InChI is InChI=1S/C12H14N4O/c1-10(16-8-4-7-15-16)12(17)14-9-11-5-2-3-6-13-11/h2-8,10H,9H2,1H3,(H,14,17)/t10-/m1/s1. The first kappa shape index (κ1) is 11.3. The molecule has 0 unspecified atom stereocenters. The summed E-state index contributed by atoms with van der Waals surface area (Å²) in [5, 5.41) is 6.86. The third-order valence-corrected chi connectivity index (χ3v) is 2.47. The SMILES string of the molecule is C[C@H](C(=O)NCc1ccccn1)n1cccn1. The van der Waals surface area contributed by atoms with Gasteiger partial charge in [-0.3, -0.25) is 14.5 Å². The van der Waals surface area contributed by atoms with Crippen LogP contribution in [-0.2, 0) is 11.3 Å². The van der Waals surface area contributed by atoms with Crippen LogP contribution in [0.2, 0.25) is 0 Å². The Morgan fingerprint density at radius 3 is 2.94 bits per heavy atom. The van der Waals surface area contributed by atoms with Gasteiger partial charge in [0.15, 0.2) is 0 Å². The minimum Gasteiger partial charge on any atom is -0.349 e. The number of pyridine rings is 1. The zero-order chi connectivity index (χ0) is 12.1. The predicted molar refractivity (Wildman–Crippen MR) is 63.0 cm³/mol. The van der Waals surface area contributed by atoms with Crippen molar-refractivity contribution in [1.29, 1.82) is 0 Å². The lowest BCUT2D eigenvalue weighted by Gasteiger charge is -2.12. The van der Waals surface area contributed by atoms with Gasteiger partial charge < -0.3 is 5.32 Å². The molecule has 0 saturated heterocycles. The summed E-state index contributed by atoms with van der Waals surface area (Å²) in [5.74, 6) is -0.0700. The van der Waals surface area contributed by atoms with E-state index in [4.69, 9.17) is 0 Å². The minimum atomic E-state index is -0.311. The van der Waals surface area contributed by atoms with Crippen molar-refractivity contribution in [2.24, 2.45) is 0 Å². The van der Waals surface area contributed by atoms with Gasteiger partial charge >= 0.3 is 0 Å². The summed E-state index contributed by atoms with van der Waals surface area (Å²) in [4.78, 5) is 16.0. The summed E-state index contributed by atoms with van der Waals surface area (Å²) in [5.41, 5.74) is 0.841. The number of amides is 1. The van der Waals surface area contributed by atoms with Crippen molar-refractivity contribution in [3.05, 3.63) is 48.5 Å². The molecule has 5 heteroatoms. The highest BCUT2D eigenvalue weighted by atomic mass is 16.2. The van der Waals surface area contributed by atoms with E-state index in [9.17, 15) is 4.79 Å². The van der Waals surface area contributed by atoms with E-state index in [1.807, 2.05) is 18.2 Å². The van der Waals surface area contributed by atoms with E-state index >= 15 is 0 Å². The average Bonchev–Trinajstić information content (AvgIpc) is 2.90. The van der Waals surface area contributed by atoms with Crippen molar-refractivity contribution in [3.8, 4) is 0 Å². The van der Waals surface area contributed by atoms with Gasteiger partial charge in [-0.15, -0.1) is 0 Å². The molecule has 0 fully saturated rings. The molecule has 0 aliphatic rings. The number of carbonyl (C=O) groups is 1. The van der Waals surface area contributed by atoms with Gasteiger partial charge in [-0.25, -0.2) is 0 Å². The smallest absolute Gasteiger partial charge is 0.244 e. The molecule has 17 heavy (non-hydrogen) atoms. The Kier molecular flexibility index (Phi) is 3.49. The monoisotopic (exact) mass is 230 g/mol. The Bertz CT molecular complexity index is 467. The summed E-state index contributed by atoms with van der Waals surface area (Å²) in [6.07, 6.45) is 5.13. The van der Waals surface area contributed by atoms with Gasteiger partial charge in [0, 0.05) is 18.6 Å². The van der Waals surface area contributed by atoms with E-state index < -0.39 is 0 Å². The number of hydrogen-bond donors (Lipinski definition) is 1. The van der Waals surface area contributed by atoms with Gasteiger partial charge in [-0.1, -0.05) is 6.07 Å². The molecule has 2 rings (SSSR count). The molecule has 0 spiro atoms. The molecule has 0 aliphatic carbocycles. The summed E-state index contributed by atoms with van der Waals surface area (Å²) in [6.45, 7) is 2.24. The third kappa shape index (κ3) is 2.90. The zero-order valence-electron chi connectivity index (χ0n) is 9.58. The van der Waals surface area contributed by atoms with Crippen LogP contribution in [0.5, 0.6) is 0 Å². The van der Waals surface area contributed by atoms with E-state index in [0.29, 0.717) is 6.54 Å². The van der Waals surface area contributed by atoms with Crippen molar-refractivity contribution in [2.45, 2.75) is 19.5 Å². The second-order valence-corrected chi connectivity index (χ2v) is 3.70. The normalized spacial score (nSPS) is 12.1. The maximum Gasteiger partial charge on any atom is 0.244 e. The second-order valence-electron chi connectivity index (χ2n) is 3.70. The van der Waals surface area contributed by atoms with Crippen molar-refractivity contribution in [2.75, 3.05) is 0 Å². The molecule has 5 nitrogen and oxygen atoms in total. The molecule has 2 aromatic heterocycles. The van der Waals surface area contributed by atoms with Crippen molar-refractivity contribution < 1.29 is 4.79 Å². The molecule has 88 valence electrons. The summed E-state index contributed by atoms with van der Waals surface area (Å²) >= 11 is 0. The molecule has 1 N–H and O–H groups in total. The van der Waals surface area contributed by atoms with Crippen LogP contribution in [0, 0.1) is 0 Å². The molecule has 2 aromatic rings. The zero-order valence-corrected chi connectivity index (χ0v) is 9.58. The molecule has 2 heterocycles. The summed E-state index contributed by atoms with van der Waals surface area (Å²) in [7, 11) is 0. The maximum atomic E-state index is 11.8. The maximum absolute atomic E-state index is 11.8. The third-order valence-electron chi connectivity index (χ3n) is 2.47. The van der Waals surface area contributed by atoms with Crippen LogP contribution >= 0.6 is 0 Å². The van der Waals surface area contributed by atoms with Gasteiger partial charge in [0.1, 0.15) is 6.04 Å². The predicted octanol–water partition coefficient (Wildman–Crippen LogP) is 1.16. The van der Waals surface area contributed by atoms with Crippen molar-refractivity contribution in [1.82, 2.24) is 20.1 Å². The Labute approximate surface area is 99.5 Å².